The van der Waals surface area contributed by atoms with E-state index in [1.165, 1.54) is 26.0 Å². The van der Waals surface area contributed by atoms with Gasteiger partial charge < -0.3 is 15.0 Å². The van der Waals surface area contributed by atoms with Crippen molar-refractivity contribution in [3.8, 4) is 5.75 Å². The van der Waals surface area contributed by atoms with Gasteiger partial charge in [-0.2, -0.15) is 0 Å². The van der Waals surface area contributed by atoms with Crippen molar-refractivity contribution in [3.05, 3.63) is 65.2 Å². The van der Waals surface area contributed by atoms with Crippen LogP contribution in [0.15, 0.2) is 42.5 Å². The number of nitrogens with one attached hydrogen (secondary N) is 1. The lowest BCUT2D eigenvalue weighted by Crippen LogP contribution is -2.44. The highest BCUT2D eigenvalue weighted by Gasteiger charge is 2.51. The maximum atomic E-state index is 14.2. The van der Waals surface area contributed by atoms with Crippen molar-refractivity contribution in [3.63, 3.8) is 0 Å². The van der Waals surface area contributed by atoms with E-state index in [-0.39, 0.29) is 12.1 Å². The standard InChI is InChI=1S/C21H21F2N3O4/c1-21(16-10-14(22)7-8-17(16)23)19(28)26(20(29)24-21)12-18(27)25(2)11-13-5-4-6-15(9-13)30-3/h4-10H,11-12H2,1-3H3,(H,24,29)/t21-/m1/s1. The Kier molecular flexibility index (Phi) is 5.73. The van der Waals surface area contributed by atoms with Gasteiger partial charge in [-0.3, -0.25) is 14.5 Å². The summed E-state index contributed by atoms with van der Waals surface area (Å²) < 4.78 is 33.0. The second-order valence-corrected chi connectivity index (χ2v) is 7.17. The summed E-state index contributed by atoms with van der Waals surface area (Å²) >= 11 is 0. The molecule has 1 saturated heterocycles. The number of benzene rings is 2. The number of imide groups is 1. The fourth-order valence-corrected chi connectivity index (χ4v) is 3.29. The third-order valence-corrected chi connectivity index (χ3v) is 5.02. The summed E-state index contributed by atoms with van der Waals surface area (Å²) in [5.74, 6) is -2.28. The molecule has 0 spiro atoms. The minimum atomic E-state index is -1.81. The third kappa shape index (κ3) is 3.96. The third-order valence-electron chi connectivity index (χ3n) is 5.02. The summed E-state index contributed by atoms with van der Waals surface area (Å²) in [4.78, 5) is 39.9. The zero-order valence-electron chi connectivity index (χ0n) is 16.7. The molecule has 0 unspecified atom stereocenters. The number of likely N-dealkylation sites (N-methyl/N-ethyl adjacent to an activating group) is 1. The Labute approximate surface area is 172 Å². The first kappa shape index (κ1) is 21.2. The van der Waals surface area contributed by atoms with Crippen LogP contribution in [0.2, 0.25) is 0 Å². The molecular formula is C21H21F2N3O4. The summed E-state index contributed by atoms with van der Waals surface area (Å²) in [5, 5.41) is 2.37. The van der Waals surface area contributed by atoms with Gasteiger partial charge >= 0.3 is 6.03 Å². The van der Waals surface area contributed by atoms with Gasteiger partial charge in [-0.05, 0) is 42.8 Å². The molecule has 0 radical (unpaired) electrons. The molecule has 7 nitrogen and oxygen atoms in total. The predicted octanol–water partition coefficient (Wildman–Crippen LogP) is 2.40. The van der Waals surface area contributed by atoms with Crippen LogP contribution < -0.4 is 10.1 Å². The number of methoxy groups -OCH3 is 1. The number of urea groups is 1. The normalized spacial score (nSPS) is 18.4. The summed E-state index contributed by atoms with van der Waals surface area (Å²) in [5.41, 5.74) is -1.32. The first-order valence-electron chi connectivity index (χ1n) is 9.12. The van der Waals surface area contributed by atoms with Gasteiger partial charge in [0.25, 0.3) is 5.91 Å². The van der Waals surface area contributed by atoms with E-state index in [0.29, 0.717) is 10.6 Å². The van der Waals surface area contributed by atoms with Gasteiger partial charge in [0.05, 0.1) is 7.11 Å². The van der Waals surface area contributed by atoms with Crippen LogP contribution in [-0.4, -0.2) is 48.3 Å². The number of ether oxygens (including phenoxy) is 1. The largest absolute Gasteiger partial charge is 0.497 e. The molecule has 1 heterocycles. The van der Waals surface area contributed by atoms with Crippen LogP contribution in [0, 0.1) is 11.6 Å². The van der Waals surface area contributed by atoms with E-state index < -0.39 is 41.6 Å². The quantitative estimate of drug-likeness (QED) is 0.733. The second kappa shape index (κ2) is 8.10. The Balaban J connectivity index is 1.74. The zero-order chi connectivity index (χ0) is 22.1. The lowest BCUT2D eigenvalue weighted by Gasteiger charge is -2.23. The average molecular weight is 417 g/mol. The number of carbonyl (C=O) groups is 3. The fourth-order valence-electron chi connectivity index (χ4n) is 3.29. The van der Waals surface area contributed by atoms with Gasteiger partial charge in [0.1, 0.15) is 29.5 Å². The van der Waals surface area contributed by atoms with Crippen LogP contribution in [-0.2, 0) is 21.7 Å². The Morgan fingerprint density at radius 3 is 2.63 bits per heavy atom. The Morgan fingerprint density at radius 1 is 1.20 bits per heavy atom. The van der Waals surface area contributed by atoms with Gasteiger partial charge in [-0.1, -0.05) is 12.1 Å². The Morgan fingerprint density at radius 2 is 1.93 bits per heavy atom. The van der Waals surface area contributed by atoms with Crippen LogP contribution >= 0.6 is 0 Å². The number of hydrogen-bond acceptors (Lipinski definition) is 4. The van der Waals surface area contributed by atoms with Gasteiger partial charge in [0.15, 0.2) is 0 Å². The first-order chi connectivity index (χ1) is 14.2. The van der Waals surface area contributed by atoms with Crippen molar-refractivity contribution >= 4 is 17.8 Å². The van der Waals surface area contributed by atoms with E-state index in [0.717, 1.165) is 23.8 Å². The fraction of sp³-hybridized carbons (Fsp3) is 0.286. The van der Waals surface area contributed by atoms with Gasteiger partial charge in [0.2, 0.25) is 5.91 Å². The van der Waals surface area contributed by atoms with Gasteiger partial charge in [-0.15, -0.1) is 0 Å². The van der Waals surface area contributed by atoms with Crippen LogP contribution in [0.3, 0.4) is 0 Å². The molecule has 1 aliphatic rings. The van der Waals surface area contributed by atoms with Crippen molar-refractivity contribution in [1.82, 2.24) is 15.1 Å². The van der Waals surface area contributed by atoms with Crippen LogP contribution in [0.1, 0.15) is 18.1 Å². The van der Waals surface area contributed by atoms with E-state index in [1.807, 2.05) is 6.07 Å². The molecule has 1 fully saturated rings. The summed E-state index contributed by atoms with van der Waals surface area (Å²) in [6, 6.07) is 8.92. The summed E-state index contributed by atoms with van der Waals surface area (Å²) in [6.07, 6.45) is 0. The Hall–Kier alpha value is -3.49. The van der Waals surface area contributed by atoms with Crippen molar-refractivity contribution in [2.24, 2.45) is 0 Å². The number of rotatable bonds is 6. The molecular weight excluding hydrogens is 396 g/mol. The predicted molar refractivity (Wildman–Crippen MR) is 103 cm³/mol. The average Bonchev–Trinajstić information content (AvgIpc) is 2.93. The second-order valence-electron chi connectivity index (χ2n) is 7.17. The molecule has 1 aliphatic heterocycles. The van der Waals surface area contributed by atoms with E-state index in [4.69, 9.17) is 4.74 Å². The number of amides is 4. The molecule has 0 bridgehead atoms. The minimum Gasteiger partial charge on any atom is -0.497 e. The van der Waals surface area contributed by atoms with Crippen molar-refractivity contribution < 1.29 is 27.9 Å². The molecule has 0 aliphatic carbocycles. The van der Waals surface area contributed by atoms with Crippen molar-refractivity contribution in [2.45, 2.75) is 19.0 Å². The molecule has 9 heteroatoms. The van der Waals surface area contributed by atoms with E-state index in [9.17, 15) is 23.2 Å². The number of hydrogen-bond donors (Lipinski definition) is 1. The van der Waals surface area contributed by atoms with Crippen molar-refractivity contribution in [1.29, 1.82) is 0 Å². The lowest BCUT2D eigenvalue weighted by molar-refractivity contribution is -0.138. The molecule has 158 valence electrons. The SMILES string of the molecule is COc1cccc(CN(C)C(=O)CN2C(=O)N[C@](C)(c3cc(F)ccc3F)C2=O)c1. The highest BCUT2D eigenvalue weighted by atomic mass is 19.1. The maximum Gasteiger partial charge on any atom is 0.325 e. The smallest absolute Gasteiger partial charge is 0.325 e. The molecule has 2 aromatic rings. The van der Waals surface area contributed by atoms with Crippen LogP contribution in [0.5, 0.6) is 5.75 Å². The van der Waals surface area contributed by atoms with Gasteiger partial charge in [-0.25, -0.2) is 13.6 Å². The minimum absolute atomic E-state index is 0.232. The molecule has 1 atom stereocenters. The molecule has 1 N–H and O–H groups in total. The van der Waals surface area contributed by atoms with E-state index in [1.54, 1.807) is 18.2 Å². The van der Waals surface area contributed by atoms with E-state index in [2.05, 4.69) is 5.32 Å². The monoisotopic (exact) mass is 417 g/mol. The number of halogens is 2. The lowest BCUT2D eigenvalue weighted by atomic mass is 9.91. The van der Waals surface area contributed by atoms with Crippen molar-refractivity contribution in [2.75, 3.05) is 20.7 Å². The molecule has 0 aromatic heterocycles. The summed E-state index contributed by atoms with van der Waals surface area (Å²) in [7, 11) is 3.07. The highest BCUT2D eigenvalue weighted by Crippen LogP contribution is 2.31. The highest BCUT2D eigenvalue weighted by molar-refractivity contribution is 6.09. The number of nitrogens with zero attached hydrogens (tertiary/aromatic N) is 2. The van der Waals surface area contributed by atoms with E-state index >= 15 is 0 Å². The first-order valence-corrected chi connectivity index (χ1v) is 9.12. The molecule has 30 heavy (non-hydrogen) atoms. The molecule has 3 rings (SSSR count). The summed E-state index contributed by atoms with van der Waals surface area (Å²) in [6.45, 7) is 0.975. The molecule has 0 saturated carbocycles. The van der Waals surface area contributed by atoms with Gasteiger partial charge in [0, 0.05) is 19.2 Å². The number of carbonyl (C=O) groups excluding carboxylic acids is 3. The molecule has 2 aromatic carbocycles. The maximum absolute atomic E-state index is 14.2. The topological polar surface area (TPSA) is 79.0 Å². The molecule has 4 amide bonds. The van der Waals surface area contributed by atoms with Crippen LogP contribution in [0.25, 0.3) is 0 Å². The zero-order valence-corrected chi connectivity index (χ0v) is 16.7. The van der Waals surface area contributed by atoms with Crippen LogP contribution in [0.4, 0.5) is 13.6 Å². The Bertz CT molecular complexity index is 1010.